The van der Waals surface area contributed by atoms with Gasteiger partial charge in [-0.25, -0.2) is 0 Å². The second kappa shape index (κ2) is 8.07. The van der Waals surface area contributed by atoms with Gasteiger partial charge in [-0.15, -0.1) is 0 Å². The topological polar surface area (TPSA) is 58.2 Å². The van der Waals surface area contributed by atoms with Crippen molar-refractivity contribution in [2.24, 2.45) is 0 Å². The summed E-state index contributed by atoms with van der Waals surface area (Å²) in [4.78, 5) is 10.9. The predicted molar refractivity (Wildman–Crippen MR) is 80.6 cm³/mol. The van der Waals surface area contributed by atoms with E-state index in [1.165, 1.54) is 12.5 Å². The molecule has 0 fully saturated rings. The predicted octanol–water partition coefficient (Wildman–Crippen LogP) is 1.89. The monoisotopic (exact) mass is 282 g/mol. The van der Waals surface area contributed by atoms with Crippen LogP contribution in [0, 0.1) is 0 Å². The van der Waals surface area contributed by atoms with Crippen LogP contribution in [0.1, 0.15) is 25.8 Å². The van der Waals surface area contributed by atoms with E-state index >= 15 is 0 Å². The summed E-state index contributed by atoms with van der Waals surface area (Å²) in [5.74, 6) is -0.0626. The molecule has 0 radical (unpaired) electrons. The maximum Gasteiger partial charge on any atom is 0.221 e. The molecule has 1 aromatic rings. The van der Waals surface area contributed by atoms with Gasteiger partial charge < -0.3 is 10.6 Å². The van der Waals surface area contributed by atoms with Gasteiger partial charge in [0, 0.05) is 41.5 Å². The Labute approximate surface area is 117 Å². The molecule has 0 heterocycles. The zero-order valence-electron chi connectivity index (χ0n) is 11.7. The number of hydrogen-bond acceptors (Lipinski definition) is 3. The zero-order valence-corrected chi connectivity index (χ0v) is 12.5. The molecule has 2 atom stereocenters. The van der Waals surface area contributed by atoms with Gasteiger partial charge in [0.15, 0.2) is 0 Å². The van der Waals surface area contributed by atoms with Crippen molar-refractivity contribution in [3.8, 4) is 0 Å². The molecule has 0 saturated heterocycles. The van der Waals surface area contributed by atoms with Crippen molar-refractivity contribution < 1.29 is 9.00 Å². The molecule has 1 amide bonds. The van der Waals surface area contributed by atoms with Crippen molar-refractivity contribution >= 4 is 22.4 Å². The SMILES string of the molecule is CC(=O)Nc1ccc(CNCCC(C)S(C)=O)cc1. The van der Waals surface area contributed by atoms with Crippen molar-refractivity contribution in [3.05, 3.63) is 29.8 Å². The van der Waals surface area contributed by atoms with E-state index in [2.05, 4.69) is 10.6 Å². The fraction of sp³-hybridized carbons (Fsp3) is 0.500. The Kier molecular flexibility index (Phi) is 6.73. The molecular formula is C14H22N2O2S. The number of rotatable bonds is 7. The highest BCUT2D eigenvalue weighted by Gasteiger charge is 2.04. The molecule has 5 heteroatoms. The van der Waals surface area contributed by atoms with Crippen LogP contribution in [0.15, 0.2) is 24.3 Å². The number of carbonyl (C=O) groups is 1. The first-order valence-corrected chi connectivity index (χ1v) is 8.00. The first-order valence-electron chi connectivity index (χ1n) is 6.38. The third kappa shape index (κ3) is 6.50. The van der Waals surface area contributed by atoms with Crippen LogP contribution >= 0.6 is 0 Å². The minimum Gasteiger partial charge on any atom is -0.326 e. The molecule has 0 saturated carbocycles. The van der Waals surface area contributed by atoms with Crippen LogP contribution in [-0.2, 0) is 22.1 Å². The van der Waals surface area contributed by atoms with E-state index in [-0.39, 0.29) is 11.2 Å². The Hall–Kier alpha value is -1.20. The van der Waals surface area contributed by atoms with Gasteiger partial charge in [0.25, 0.3) is 0 Å². The van der Waals surface area contributed by atoms with Gasteiger partial charge in [-0.3, -0.25) is 9.00 Å². The number of hydrogen-bond donors (Lipinski definition) is 2. The molecule has 0 aliphatic heterocycles. The van der Waals surface area contributed by atoms with E-state index in [1.807, 2.05) is 31.2 Å². The molecule has 0 bridgehead atoms. The molecule has 106 valence electrons. The smallest absolute Gasteiger partial charge is 0.221 e. The normalized spacial score (nSPS) is 13.8. The third-order valence-electron chi connectivity index (χ3n) is 2.90. The van der Waals surface area contributed by atoms with Crippen molar-refractivity contribution in [2.45, 2.75) is 32.1 Å². The van der Waals surface area contributed by atoms with E-state index in [1.54, 1.807) is 6.26 Å². The van der Waals surface area contributed by atoms with Crippen molar-refractivity contribution in [2.75, 3.05) is 18.1 Å². The van der Waals surface area contributed by atoms with Gasteiger partial charge in [-0.05, 0) is 30.7 Å². The molecular weight excluding hydrogens is 260 g/mol. The summed E-state index contributed by atoms with van der Waals surface area (Å²) in [7, 11) is -0.747. The van der Waals surface area contributed by atoms with Gasteiger partial charge >= 0.3 is 0 Å². The van der Waals surface area contributed by atoms with E-state index in [4.69, 9.17) is 0 Å². The Morgan fingerprint density at radius 1 is 1.32 bits per heavy atom. The van der Waals surface area contributed by atoms with E-state index in [0.717, 1.165) is 25.2 Å². The van der Waals surface area contributed by atoms with Crippen molar-refractivity contribution in [3.63, 3.8) is 0 Å². The molecule has 0 spiro atoms. The van der Waals surface area contributed by atoms with Crippen LogP contribution in [0.5, 0.6) is 0 Å². The molecule has 2 unspecified atom stereocenters. The molecule has 1 rings (SSSR count). The summed E-state index contributed by atoms with van der Waals surface area (Å²) >= 11 is 0. The van der Waals surface area contributed by atoms with Gasteiger partial charge in [-0.1, -0.05) is 19.1 Å². The highest BCUT2D eigenvalue weighted by Crippen LogP contribution is 2.09. The highest BCUT2D eigenvalue weighted by molar-refractivity contribution is 7.84. The molecule has 1 aromatic carbocycles. The zero-order chi connectivity index (χ0) is 14.3. The standard InChI is InChI=1S/C14H22N2O2S/c1-11(19(3)18)8-9-15-10-13-4-6-14(7-5-13)16-12(2)17/h4-7,11,15H,8-10H2,1-3H3,(H,16,17). The minimum atomic E-state index is -0.747. The summed E-state index contributed by atoms with van der Waals surface area (Å²) < 4.78 is 11.2. The lowest BCUT2D eigenvalue weighted by atomic mass is 10.2. The summed E-state index contributed by atoms with van der Waals surface area (Å²) in [5, 5.41) is 6.29. The maximum absolute atomic E-state index is 11.2. The van der Waals surface area contributed by atoms with Crippen LogP contribution in [-0.4, -0.2) is 28.2 Å². The lowest BCUT2D eigenvalue weighted by molar-refractivity contribution is -0.114. The Balaban J connectivity index is 2.30. The van der Waals surface area contributed by atoms with Gasteiger partial charge in [0.1, 0.15) is 0 Å². The molecule has 4 nitrogen and oxygen atoms in total. The Morgan fingerprint density at radius 3 is 2.47 bits per heavy atom. The van der Waals surface area contributed by atoms with Crippen molar-refractivity contribution in [1.82, 2.24) is 5.32 Å². The fourth-order valence-electron chi connectivity index (χ4n) is 1.61. The summed E-state index contributed by atoms with van der Waals surface area (Å²) in [6.07, 6.45) is 2.65. The van der Waals surface area contributed by atoms with Gasteiger partial charge in [0.2, 0.25) is 5.91 Å². The first kappa shape index (κ1) is 15.9. The Morgan fingerprint density at radius 2 is 1.95 bits per heavy atom. The summed E-state index contributed by atoms with van der Waals surface area (Å²) in [5.41, 5.74) is 1.98. The number of nitrogens with one attached hydrogen (secondary N) is 2. The maximum atomic E-state index is 11.2. The molecule has 0 aliphatic rings. The number of carbonyl (C=O) groups excluding carboxylic acids is 1. The quantitative estimate of drug-likeness (QED) is 0.751. The average molecular weight is 282 g/mol. The van der Waals surface area contributed by atoms with Crippen LogP contribution in [0.3, 0.4) is 0 Å². The number of amides is 1. The lowest BCUT2D eigenvalue weighted by Gasteiger charge is -2.09. The molecule has 0 aromatic heterocycles. The average Bonchev–Trinajstić information content (AvgIpc) is 2.35. The highest BCUT2D eigenvalue weighted by atomic mass is 32.2. The van der Waals surface area contributed by atoms with Crippen LogP contribution in [0.4, 0.5) is 5.69 Å². The molecule has 0 aliphatic carbocycles. The Bertz CT molecular complexity index is 432. The van der Waals surface area contributed by atoms with Gasteiger partial charge in [-0.2, -0.15) is 0 Å². The van der Waals surface area contributed by atoms with Gasteiger partial charge in [0.05, 0.1) is 0 Å². The van der Waals surface area contributed by atoms with E-state index < -0.39 is 10.8 Å². The van der Waals surface area contributed by atoms with E-state index in [0.29, 0.717) is 0 Å². The lowest BCUT2D eigenvalue weighted by Crippen LogP contribution is -2.20. The van der Waals surface area contributed by atoms with Crippen LogP contribution < -0.4 is 10.6 Å². The second-order valence-electron chi connectivity index (χ2n) is 4.65. The summed E-state index contributed by atoms with van der Waals surface area (Å²) in [6.45, 7) is 5.13. The third-order valence-corrected chi connectivity index (χ3v) is 4.27. The largest absolute Gasteiger partial charge is 0.326 e. The summed E-state index contributed by atoms with van der Waals surface area (Å²) in [6, 6.07) is 7.75. The van der Waals surface area contributed by atoms with Crippen LogP contribution in [0.25, 0.3) is 0 Å². The number of benzene rings is 1. The molecule has 19 heavy (non-hydrogen) atoms. The minimum absolute atomic E-state index is 0.0626. The second-order valence-corrected chi connectivity index (χ2v) is 6.45. The fourth-order valence-corrected chi connectivity index (χ4v) is 2.06. The van der Waals surface area contributed by atoms with E-state index in [9.17, 15) is 9.00 Å². The van der Waals surface area contributed by atoms with Crippen molar-refractivity contribution in [1.29, 1.82) is 0 Å². The first-order chi connectivity index (χ1) is 8.99. The number of anilines is 1. The molecule has 2 N–H and O–H groups in total. The van der Waals surface area contributed by atoms with Crippen LogP contribution in [0.2, 0.25) is 0 Å².